The number of carbonyl (C=O) groups is 1. The average Bonchev–Trinajstić information content (AvgIpc) is 3.36. The summed E-state index contributed by atoms with van der Waals surface area (Å²) >= 11 is 1.82. The van der Waals surface area contributed by atoms with Crippen molar-refractivity contribution in [3.05, 3.63) is 65.3 Å². The van der Waals surface area contributed by atoms with Crippen molar-refractivity contribution in [1.29, 1.82) is 0 Å². The first kappa shape index (κ1) is 20.4. The van der Waals surface area contributed by atoms with Crippen LogP contribution in [-0.2, 0) is 6.54 Å². The van der Waals surface area contributed by atoms with Crippen molar-refractivity contribution >= 4 is 38.2 Å². The number of hydrogen-bond acceptors (Lipinski definition) is 5. The second-order valence-corrected chi connectivity index (χ2v) is 9.58. The van der Waals surface area contributed by atoms with Gasteiger partial charge in [0.25, 0.3) is 0 Å². The summed E-state index contributed by atoms with van der Waals surface area (Å²) in [6.07, 6.45) is 3.56. The molecule has 5 rings (SSSR count). The Kier molecular flexibility index (Phi) is 5.61. The summed E-state index contributed by atoms with van der Waals surface area (Å²) in [6.45, 7) is 4.68. The largest absolute Gasteiger partial charge is 0.390 e. The number of Topliss-reactive ketones (excluding diaryl/α,β-unsaturated/α-hetero) is 1. The van der Waals surface area contributed by atoms with Crippen molar-refractivity contribution in [1.82, 2.24) is 14.5 Å². The minimum absolute atomic E-state index is 0.0568. The van der Waals surface area contributed by atoms with Crippen LogP contribution >= 0.6 is 11.3 Å². The fourth-order valence-corrected chi connectivity index (χ4v) is 5.82. The fraction of sp³-hybridized carbons (Fsp3) is 0.360. The van der Waals surface area contributed by atoms with Gasteiger partial charge in [0.05, 0.1) is 21.3 Å². The van der Waals surface area contributed by atoms with Crippen LogP contribution < -0.4 is 0 Å². The van der Waals surface area contributed by atoms with E-state index < -0.39 is 6.10 Å². The lowest BCUT2D eigenvalue weighted by atomic mass is 9.97. The topological polar surface area (TPSA) is 58.4 Å². The first-order valence-corrected chi connectivity index (χ1v) is 11.7. The maximum atomic E-state index is 12.0. The number of thiazole rings is 1. The van der Waals surface area contributed by atoms with E-state index in [4.69, 9.17) is 4.98 Å². The predicted octanol–water partition coefficient (Wildman–Crippen LogP) is 4.69. The number of carbonyl (C=O) groups excluding carboxylic acids is 1. The van der Waals surface area contributed by atoms with Crippen molar-refractivity contribution in [3.8, 4) is 0 Å². The van der Waals surface area contributed by atoms with Gasteiger partial charge in [-0.2, -0.15) is 0 Å². The SMILES string of the molecule is CC(=O)c1cn(CC(O)CN2CCC(c3nc4ccccc4s3)CC2)c2ccccc12. The molecule has 0 radical (unpaired) electrons. The Morgan fingerprint density at radius 1 is 1.13 bits per heavy atom. The highest BCUT2D eigenvalue weighted by Gasteiger charge is 2.25. The molecule has 0 aliphatic carbocycles. The van der Waals surface area contributed by atoms with Gasteiger partial charge >= 0.3 is 0 Å². The molecule has 2 aromatic carbocycles. The predicted molar refractivity (Wildman–Crippen MR) is 126 cm³/mol. The lowest BCUT2D eigenvalue weighted by molar-refractivity contribution is 0.0856. The van der Waals surface area contributed by atoms with E-state index >= 15 is 0 Å². The summed E-state index contributed by atoms with van der Waals surface area (Å²) < 4.78 is 3.28. The molecule has 0 amide bonds. The maximum absolute atomic E-state index is 12.0. The van der Waals surface area contributed by atoms with Crippen LogP contribution in [0.1, 0.15) is 41.0 Å². The normalized spacial score (nSPS) is 16.8. The van der Waals surface area contributed by atoms with Crippen molar-refractivity contribution in [2.75, 3.05) is 19.6 Å². The van der Waals surface area contributed by atoms with Crippen LogP contribution in [0, 0.1) is 0 Å². The Morgan fingerprint density at radius 3 is 2.65 bits per heavy atom. The fourth-order valence-electron chi connectivity index (χ4n) is 4.69. The van der Waals surface area contributed by atoms with Crippen LogP contribution in [0.15, 0.2) is 54.7 Å². The van der Waals surface area contributed by atoms with Crippen LogP contribution in [-0.4, -0.2) is 51.1 Å². The minimum atomic E-state index is -0.477. The minimum Gasteiger partial charge on any atom is -0.390 e. The molecule has 5 nitrogen and oxygen atoms in total. The van der Waals surface area contributed by atoms with Gasteiger partial charge in [-0.15, -0.1) is 11.3 Å². The molecule has 1 aliphatic rings. The van der Waals surface area contributed by atoms with Gasteiger partial charge in [0.15, 0.2) is 5.78 Å². The van der Waals surface area contributed by atoms with Gasteiger partial charge < -0.3 is 14.6 Å². The third-order valence-corrected chi connectivity index (χ3v) is 7.49. The first-order valence-electron chi connectivity index (χ1n) is 10.9. The Morgan fingerprint density at radius 2 is 1.87 bits per heavy atom. The van der Waals surface area contributed by atoms with Gasteiger partial charge in [-0.1, -0.05) is 30.3 Å². The second kappa shape index (κ2) is 8.54. The molecule has 1 fully saturated rings. The van der Waals surface area contributed by atoms with E-state index in [-0.39, 0.29) is 5.78 Å². The summed E-state index contributed by atoms with van der Waals surface area (Å²) in [7, 11) is 0. The van der Waals surface area contributed by atoms with Crippen molar-refractivity contribution < 1.29 is 9.90 Å². The molecule has 4 aromatic rings. The molecule has 1 atom stereocenters. The maximum Gasteiger partial charge on any atom is 0.161 e. The standard InChI is InChI=1S/C25H27N3O2S/c1-17(29)21-16-28(23-8-4-2-6-20(21)23)15-19(30)14-27-12-10-18(11-13-27)25-26-22-7-3-5-9-24(22)31-25/h2-9,16,18-19,30H,10-15H2,1H3. The molecule has 1 N–H and O–H groups in total. The Balaban J connectivity index is 1.21. The molecule has 1 unspecified atom stereocenters. The zero-order valence-corrected chi connectivity index (χ0v) is 18.5. The molecule has 3 heterocycles. The van der Waals surface area contributed by atoms with Crippen LogP contribution in [0.25, 0.3) is 21.1 Å². The highest BCUT2D eigenvalue weighted by Crippen LogP contribution is 2.33. The monoisotopic (exact) mass is 433 g/mol. The number of piperidine rings is 1. The van der Waals surface area contributed by atoms with E-state index in [0.29, 0.717) is 19.0 Å². The number of nitrogens with zero attached hydrogens (tertiary/aromatic N) is 3. The number of rotatable bonds is 6. The van der Waals surface area contributed by atoms with Crippen LogP contribution in [0.3, 0.4) is 0 Å². The number of aliphatic hydroxyl groups is 1. The summed E-state index contributed by atoms with van der Waals surface area (Å²) in [5, 5.41) is 13.0. The summed E-state index contributed by atoms with van der Waals surface area (Å²) in [5.41, 5.74) is 2.82. The number of hydrogen-bond donors (Lipinski definition) is 1. The number of ketones is 1. The van der Waals surface area contributed by atoms with Crippen LogP contribution in [0.2, 0.25) is 0 Å². The molecule has 1 saturated heterocycles. The van der Waals surface area contributed by atoms with Crippen LogP contribution in [0.5, 0.6) is 0 Å². The lowest BCUT2D eigenvalue weighted by Crippen LogP contribution is -2.39. The van der Waals surface area contributed by atoms with E-state index in [1.54, 1.807) is 6.92 Å². The van der Waals surface area contributed by atoms with Gasteiger partial charge in [-0.25, -0.2) is 4.98 Å². The zero-order valence-electron chi connectivity index (χ0n) is 17.7. The smallest absolute Gasteiger partial charge is 0.161 e. The third kappa shape index (κ3) is 4.15. The molecule has 6 heteroatoms. The molecular weight excluding hydrogens is 406 g/mol. The van der Waals surface area contributed by atoms with Gasteiger partial charge in [0.2, 0.25) is 0 Å². The summed E-state index contributed by atoms with van der Waals surface area (Å²) in [6, 6.07) is 16.3. The van der Waals surface area contributed by atoms with Crippen molar-refractivity contribution in [2.45, 2.75) is 38.3 Å². The van der Waals surface area contributed by atoms with Gasteiger partial charge in [0, 0.05) is 41.7 Å². The van der Waals surface area contributed by atoms with Crippen molar-refractivity contribution in [2.24, 2.45) is 0 Å². The van der Waals surface area contributed by atoms with Crippen molar-refractivity contribution in [3.63, 3.8) is 0 Å². The number of β-amino-alcohol motifs (C(OH)–C–C–N with tert-alkyl or cyclic N) is 1. The quantitative estimate of drug-likeness (QED) is 0.448. The number of benzene rings is 2. The number of aliphatic hydroxyl groups excluding tert-OH is 1. The van der Waals surface area contributed by atoms with Crippen LogP contribution in [0.4, 0.5) is 0 Å². The molecule has 2 aromatic heterocycles. The Hall–Kier alpha value is -2.54. The highest BCUT2D eigenvalue weighted by molar-refractivity contribution is 7.18. The second-order valence-electron chi connectivity index (χ2n) is 8.52. The Bertz CT molecular complexity index is 1190. The van der Waals surface area contributed by atoms with Gasteiger partial charge in [-0.05, 0) is 51.1 Å². The van der Waals surface area contributed by atoms with E-state index in [2.05, 4.69) is 23.1 Å². The molecule has 160 valence electrons. The molecule has 31 heavy (non-hydrogen) atoms. The zero-order chi connectivity index (χ0) is 21.4. The van der Waals surface area contributed by atoms with Gasteiger partial charge in [-0.3, -0.25) is 4.79 Å². The highest BCUT2D eigenvalue weighted by atomic mass is 32.1. The number of fused-ring (bicyclic) bond motifs is 2. The van der Waals surface area contributed by atoms with Gasteiger partial charge in [0.1, 0.15) is 0 Å². The van der Waals surface area contributed by atoms with E-state index in [0.717, 1.165) is 47.9 Å². The molecule has 0 bridgehead atoms. The third-order valence-electron chi connectivity index (χ3n) is 6.29. The van der Waals surface area contributed by atoms with E-state index in [1.165, 1.54) is 9.71 Å². The molecule has 1 aliphatic heterocycles. The number of likely N-dealkylation sites (tertiary alicyclic amines) is 1. The summed E-state index contributed by atoms with van der Waals surface area (Å²) in [4.78, 5) is 19.2. The Labute approximate surface area is 185 Å². The average molecular weight is 434 g/mol. The van der Waals surface area contributed by atoms with E-state index in [9.17, 15) is 9.90 Å². The van der Waals surface area contributed by atoms with E-state index in [1.807, 2.05) is 52.4 Å². The molecule has 0 spiro atoms. The summed E-state index contributed by atoms with van der Waals surface area (Å²) in [5.74, 6) is 0.568. The number of aromatic nitrogens is 2. The molecule has 0 saturated carbocycles. The number of para-hydroxylation sites is 2. The molecular formula is C25H27N3O2S. The lowest BCUT2D eigenvalue weighted by Gasteiger charge is -2.32. The first-order chi connectivity index (χ1) is 15.1.